The molecule has 2 atom stereocenters. The smallest absolute Gasteiger partial charge is 0.336 e. The zero-order valence-electron chi connectivity index (χ0n) is 20.1. The Morgan fingerprint density at radius 3 is 2.78 bits per heavy atom. The third kappa shape index (κ3) is 5.04. The SMILES string of the molecule is Cc1nc(-c2nnn(C)c2COc2ncn(-c3ccccc3)n2)ccc1O[C@H]1CCC[C@H](C(=O)O)C1. The molecular weight excluding hydrogens is 462 g/mol. The summed E-state index contributed by atoms with van der Waals surface area (Å²) in [5, 5.41) is 22.1. The molecule has 1 aliphatic carbocycles. The number of hydrogen-bond acceptors (Lipinski definition) is 8. The first-order valence-electron chi connectivity index (χ1n) is 11.8. The monoisotopic (exact) mass is 489 g/mol. The number of carboxylic acids is 1. The summed E-state index contributed by atoms with van der Waals surface area (Å²) >= 11 is 0. The Labute approximate surface area is 207 Å². The molecule has 3 heterocycles. The summed E-state index contributed by atoms with van der Waals surface area (Å²) in [5.41, 5.74) is 3.55. The second-order valence-electron chi connectivity index (χ2n) is 8.83. The Kier molecular flexibility index (Phi) is 6.61. The number of carbonyl (C=O) groups is 1. The van der Waals surface area contributed by atoms with E-state index in [1.165, 1.54) is 0 Å². The van der Waals surface area contributed by atoms with Crippen LogP contribution in [0.15, 0.2) is 48.8 Å². The van der Waals surface area contributed by atoms with Crippen LogP contribution in [-0.4, -0.2) is 51.9 Å². The van der Waals surface area contributed by atoms with Crippen molar-refractivity contribution in [2.45, 2.75) is 45.3 Å². The molecule has 1 N–H and O–H groups in total. The number of aryl methyl sites for hydroxylation is 2. The van der Waals surface area contributed by atoms with Crippen molar-refractivity contribution in [1.29, 1.82) is 0 Å². The van der Waals surface area contributed by atoms with E-state index in [4.69, 9.17) is 9.47 Å². The lowest BCUT2D eigenvalue weighted by Crippen LogP contribution is -2.29. The van der Waals surface area contributed by atoms with Crippen molar-refractivity contribution in [1.82, 2.24) is 34.7 Å². The summed E-state index contributed by atoms with van der Waals surface area (Å²) in [7, 11) is 1.79. The highest BCUT2D eigenvalue weighted by molar-refractivity contribution is 5.70. The summed E-state index contributed by atoms with van der Waals surface area (Å²) in [4.78, 5) is 20.3. The van der Waals surface area contributed by atoms with Gasteiger partial charge in [0.2, 0.25) is 0 Å². The van der Waals surface area contributed by atoms with E-state index in [-0.39, 0.29) is 24.6 Å². The van der Waals surface area contributed by atoms with E-state index in [0.717, 1.165) is 24.2 Å². The van der Waals surface area contributed by atoms with Crippen molar-refractivity contribution in [3.8, 4) is 28.8 Å². The first-order chi connectivity index (χ1) is 17.5. The lowest BCUT2D eigenvalue weighted by molar-refractivity contribution is -0.143. The summed E-state index contributed by atoms with van der Waals surface area (Å²) in [6, 6.07) is 13.6. The molecule has 1 fully saturated rings. The third-order valence-electron chi connectivity index (χ3n) is 6.32. The van der Waals surface area contributed by atoms with Crippen molar-refractivity contribution in [3.05, 3.63) is 60.2 Å². The molecule has 3 aromatic heterocycles. The lowest BCUT2D eigenvalue weighted by atomic mass is 9.87. The average molecular weight is 490 g/mol. The van der Waals surface area contributed by atoms with Crippen LogP contribution in [0.25, 0.3) is 17.1 Å². The highest BCUT2D eigenvalue weighted by Gasteiger charge is 2.28. The van der Waals surface area contributed by atoms with Crippen molar-refractivity contribution in [2.75, 3.05) is 0 Å². The van der Waals surface area contributed by atoms with Gasteiger partial charge in [-0.25, -0.2) is 14.3 Å². The van der Waals surface area contributed by atoms with Crippen molar-refractivity contribution in [2.24, 2.45) is 13.0 Å². The van der Waals surface area contributed by atoms with Crippen LogP contribution in [-0.2, 0) is 18.4 Å². The van der Waals surface area contributed by atoms with Crippen molar-refractivity contribution in [3.63, 3.8) is 0 Å². The topological polar surface area (TPSA) is 130 Å². The molecule has 11 nitrogen and oxygen atoms in total. The second kappa shape index (κ2) is 10.1. The van der Waals surface area contributed by atoms with Crippen LogP contribution in [0.4, 0.5) is 0 Å². The summed E-state index contributed by atoms with van der Waals surface area (Å²) < 4.78 is 15.2. The number of pyridine rings is 1. The fraction of sp³-hybridized carbons (Fsp3) is 0.360. The maximum Gasteiger partial charge on any atom is 0.336 e. The van der Waals surface area contributed by atoms with Gasteiger partial charge in [-0.15, -0.1) is 10.2 Å². The van der Waals surface area contributed by atoms with Crippen LogP contribution in [0.5, 0.6) is 11.8 Å². The minimum atomic E-state index is -0.757. The second-order valence-corrected chi connectivity index (χ2v) is 8.83. The molecule has 1 aromatic carbocycles. The quantitative estimate of drug-likeness (QED) is 0.396. The zero-order valence-corrected chi connectivity index (χ0v) is 20.1. The van der Waals surface area contributed by atoms with E-state index in [2.05, 4.69) is 25.4 Å². The van der Waals surface area contributed by atoms with Gasteiger partial charge in [-0.1, -0.05) is 23.4 Å². The number of benzene rings is 1. The molecule has 0 amide bonds. The molecule has 0 aliphatic heterocycles. The Bertz CT molecular complexity index is 1350. The molecule has 1 saturated carbocycles. The largest absolute Gasteiger partial charge is 0.489 e. The fourth-order valence-corrected chi connectivity index (χ4v) is 4.35. The van der Waals surface area contributed by atoms with Crippen LogP contribution in [0, 0.1) is 12.8 Å². The van der Waals surface area contributed by atoms with E-state index in [0.29, 0.717) is 35.7 Å². The molecule has 5 rings (SSSR count). The number of aliphatic carboxylic acids is 1. The lowest BCUT2D eigenvalue weighted by Gasteiger charge is -2.27. The van der Waals surface area contributed by atoms with E-state index >= 15 is 0 Å². The molecule has 0 bridgehead atoms. The van der Waals surface area contributed by atoms with Crippen LogP contribution in [0.2, 0.25) is 0 Å². The van der Waals surface area contributed by atoms with E-state index < -0.39 is 5.97 Å². The molecule has 0 radical (unpaired) electrons. The number of carboxylic acid groups (broad SMARTS) is 1. The van der Waals surface area contributed by atoms with E-state index in [1.807, 2.05) is 49.4 Å². The number of aromatic nitrogens is 7. The molecule has 1 aliphatic rings. The van der Waals surface area contributed by atoms with Gasteiger partial charge in [-0.05, 0) is 56.9 Å². The first kappa shape index (κ1) is 23.5. The molecule has 0 spiro atoms. The van der Waals surface area contributed by atoms with Gasteiger partial charge in [-0.3, -0.25) is 4.79 Å². The normalized spacial score (nSPS) is 17.6. The van der Waals surface area contributed by atoms with E-state index in [1.54, 1.807) is 22.7 Å². The van der Waals surface area contributed by atoms with Gasteiger partial charge in [0.05, 0.1) is 29.1 Å². The number of para-hydroxylation sites is 1. The van der Waals surface area contributed by atoms with Crippen LogP contribution in [0.3, 0.4) is 0 Å². The number of rotatable bonds is 8. The maximum atomic E-state index is 11.4. The first-order valence-corrected chi connectivity index (χ1v) is 11.8. The van der Waals surface area contributed by atoms with Crippen molar-refractivity contribution >= 4 is 5.97 Å². The summed E-state index contributed by atoms with van der Waals surface area (Å²) in [5.74, 6) is -0.466. The fourth-order valence-electron chi connectivity index (χ4n) is 4.35. The third-order valence-corrected chi connectivity index (χ3v) is 6.32. The Morgan fingerprint density at radius 1 is 1.17 bits per heavy atom. The average Bonchev–Trinajstić information content (AvgIpc) is 3.51. The van der Waals surface area contributed by atoms with Gasteiger partial charge in [-0.2, -0.15) is 4.98 Å². The Hall–Kier alpha value is -4.28. The highest BCUT2D eigenvalue weighted by Crippen LogP contribution is 2.30. The molecule has 36 heavy (non-hydrogen) atoms. The van der Waals surface area contributed by atoms with Gasteiger partial charge in [0.25, 0.3) is 0 Å². The number of ether oxygens (including phenoxy) is 2. The van der Waals surface area contributed by atoms with Crippen LogP contribution < -0.4 is 9.47 Å². The molecule has 0 saturated heterocycles. The Balaban J connectivity index is 1.28. The number of nitrogens with zero attached hydrogens (tertiary/aromatic N) is 7. The molecule has 11 heteroatoms. The molecule has 0 unspecified atom stereocenters. The summed E-state index contributed by atoms with van der Waals surface area (Å²) in [6.45, 7) is 2.03. The van der Waals surface area contributed by atoms with Crippen molar-refractivity contribution < 1.29 is 19.4 Å². The van der Waals surface area contributed by atoms with Gasteiger partial charge in [0.15, 0.2) is 0 Å². The van der Waals surface area contributed by atoms with Crippen LogP contribution in [0.1, 0.15) is 37.1 Å². The van der Waals surface area contributed by atoms with Gasteiger partial charge in [0.1, 0.15) is 30.1 Å². The number of hydrogen-bond donors (Lipinski definition) is 1. The predicted molar refractivity (Wildman–Crippen MR) is 129 cm³/mol. The standard InChI is InChI=1S/C25H27N7O4/c1-16-22(36-19-10-6-7-17(13-19)24(33)34)12-11-20(27-16)23-21(31(2)30-28-23)14-35-25-26-15-32(29-25)18-8-4-3-5-9-18/h3-5,8-9,11-12,15,17,19H,6-7,10,13-14H2,1-2H3,(H,33,34)/t17-,19-/m0/s1. The minimum Gasteiger partial charge on any atom is -0.489 e. The molecular formula is C25H27N7O4. The minimum absolute atomic E-state index is 0.130. The van der Waals surface area contributed by atoms with Gasteiger partial charge < -0.3 is 14.6 Å². The van der Waals surface area contributed by atoms with Crippen LogP contribution >= 0.6 is 0 Å². The maximum absolute atomic E-state index is 11.4. The van der Waals surface area contributed by atoms with Gasteiger partial charge >= 0.3 is 12.0 Å². The highest BCUT2D eigenvalue weighted by atomic mass is 16.5. The van der Waals surface area contributed by atoms with Gasteiger partial charge in [0, 0.05) is 7.05 Å². The summed E-state index contributed by atoms with van der Waals surface area (Å²) in [6.07, 6.45) is 4.36. The molecule has 186 valence electrons. The Morgan fingerprint density at radius 2 is 2.00 bits per heavy atom. The molecule has 4 aromatic rings. The van der Waals surface area contributed by atoms with E-state index in [9.17, 15) is 9.90 Å². The predicted octanol–water partition coefficient (Wildman–Crippen LogP) is 3.37. The zero-order chi connectivity index (χ0) is 25.1.